The maximum Gasteiger partial charge on any atom is 0.274 e. The van der Waals surface area contributed by atoms with Gasteiger partial charge in [-0.1, -0.05) is 40.9 Å². The zero-order valence-corrected chi connectivity index (χ0v) is 13.5. The average Bonchev–Trinajstić information content (AvgIpc) is 2.88. The maximum atomic E-state index is 11.9. The highest BCUT2D eigenvalue weighted by molar-refractivity contribution is 6.49. The van der Waals surface area contributed by atoms with E-state index in [2.05, 4.69) is 10.5 Å². The number of hydrogen-bond donors (Lipinski definition) is 1. The highest BCUT2D eigenvalue weighted by atomic mass is 35.5. The predicted octanol–water partition coefficient (Wildman–Crippen LogP) is 4.70. The van der Waals surface area contributed by atoms with Crippen molar-refractivity contribution < 1.29 is 9.21 Å². The van der Waals surface area contributed by atoms with Gasteiger partial charge in [0.2, 0.25) is 0 Å². The first-order valence-electron chi connectivity index (χ1n) is 5.94. The Bertz CT molecular complexity index is 723. The van der Waals surface area contributed by atoms with E-state index in [1.807, 2.05) is 0 Å². The Kier molecular flexibility index (Phi) is 4.93. The summed E-state index contributed by atoms with van der Waals surface area (Å²) in [5.41, 5.74) is 3.96. The summed E-state index contributed by atoms with van der Waals surface area (Å²) in [6.45, 7) is 3.40. The first-order valence-corrected chi connectivity index (χ1v) is 7.07. The summed E-state index contributed by atoms with van der Waals surface area (Å²) < 4.78 is 5.06. The summed E-state index contributed by atoms with van der Waals surface area (Å²) in [5, 5.41) is 4.91. The lowest BCUT2D eigenvalue weighted by molar-refractivity contribution is 0.0953. The number of nitrogens with one attached hydrogen (secondary N) is 1. The molecule has 0 saturated heterocycles. The van der Waals surface area contributed by atoms with E-state index in [0.717, 1.165) is 0 Å². The number of hydrazone groups is 1. The third-order valence-corrected chi connectivity index (χ3v) is 4.15. The summed E-state index contributed by atoms with van der Waals surface area (Å²) in [6, 6.07) is 4.87. The Morgan fingerprint density at radius 3 is 2.48 bits per heavy atom. The lowest BCUT2D eigenvalue weighted by atomic mass is 10.1. The van der Waals surface area contributed by atoms with Gasteiger partial charge < -0.3 is 4.42 Å². The number of hydrogen-bond acceptors (Lipinski definition) is 3. The van der Waals surface area contributed by atoms with E-state index in [1.54, 1.807) is 32.0 Å². The second kappa shape index (κ2) is 6.52. The molecule has 0 saturated carbocycles. The Balaban J connectivity index is 2.21. The molecule has 4 nitrogen and oxygen atoms in total. The van der Waals surface area contributed by atoms with E-state index in [0.29, 0.717) is 32.6 Å². The summed E-state index contributed by atoms with van der Waals surface area (Å²) >= 11 is 17.9. The quantitative estimate of drug-likeness (QED) is 0.498. The van der Waals surface area contributed by atoms with Crippen LogP contribution in [0.4, 0.5) is 0 Å². The van der Waals surface area contributed by atoms with Gasteiger partial charge in [-0.15, -0.1) is 0 Å². The van der Waals surface area contributed by atoms with Gasteiger partial charge in [0.1, 0.15) is 5.76 Å². The normalized spacial score (nSPS) is 11.6. The number of carbonyl (C=O) groups is 1. The molecule has 0 aliphatic rings. The number of amides is 1. The fourth-order valence-corrected chi connectivity index (χ4v) is 2.35. The molecule has 0 aliphatic heterocycles. The Morgan fingerprint density at radius 1 is 1.14 bits per heavy atom. The standard InChI is InChI=1S/C14H11Cl3N2O2/c1-7(9-3-4-11(15)13(17)12(9)16)18-19-14(20)10-5-6-21-8(10)2/h3-6H,1-2H3,(H,19,20)/b18-7-. The molecule has 0 radical (unpaired) electrons. The van der Waals surface area contributed by atoms with Crippen LogP contribution in [0.2, 0.25) is 15.1 Å². The van der Waals surface area contributed by atoms with Crippen LogP contribution in [0.15, 0.2) is 34.0 Å². The minimum Gasteiger partial charge on any atom is -0.469 e. The molecule has 0 atom stereocenters. The summed E-state index contributed by atoms with van der Waals surface area (Å²) in [7, 11) is 0. The number of benzene rings is 1. The molecule has 7 heteroatoms. The summed E-state index contributed by atoms with van der Waals surface area (Å²) in [5.74, 6) is 0.157. The van der Waals surface area contributed by atoms with Gasteiger partial charge in [0, 0.05) is 5.56 Å². The van der Waals surface area contributed by atoms with Gasteiger partial charge in [-0.2, -0.15) is 5.10 Å². The fourth-order valence-electron chi connectivity index (χ4n) is 1.68. The SMILES string of the molecule is C/C(=N/NC(=O)c1ccoc1C)c1ccc(Cl)c(Cl)c1Cl. The first kappa shape index (κ1) is 15.9. The molecule has 21 heavy (non-hydrogen) atoms. The van der Waals surface area contributed by atoms with Crippen LogP contribution in [0.5, 0.6) is 0 Å². The number of aryl methyl sites for hydroxylation is 1. The monoisotopic (exact) mass is 344 g/mol. The van der Waals surface area contributed by atoms with Gasteiger partial charge >= 0.3 is 0 Å². The van der Waals surface area contributed by atoms with Crippen molar-refractivity contribution in [2.75, 3.05) is 0 Å². The topological polar surface area (TPSA) is 54.6 Å². The van der Waals surface area contributed by atoms with Crippen molar-refractivity contribution in [2.45, 2.75) is 13.8 Å². The highest BCUT2D eigenvalue weighted by Crippen LogP contribution is 2.32. The molecular formula is C14H11Cl3N2O2. The van der Waals surface area contributed by atoms with Gasteiger partial charge in [-0.3, -0.25) is 4.79 Å². The number of nitrogens with zero attached hydrogens (tertiary/aromatic N) is 1. The van der Waals surface area contributed by atoms with Crippen molar-refractivity contribution in [1.29, 1.82) is 0 Å². The molecule has 2 aromatic rings. The van der Waals surface area contributed by atoms with Crippen LogP contribution in [0.3, 0.4) is 0 Å². The number of halogens is 3. The molecule has 0 spiro atoms. The Hall–Kier alpha value is -1.49. The van der Waals surface area contributed by atoms with Gasteiger partial charge in [0.05, 0.1) is 32.6 Å². The van der Waals surface area contributed by atoms with Gasteiger partial charge in [-0.05, 0) is 26.0 Å². The van der Waals surface area contributed by atoms with Crippen molar-refractivity contribution in [3.8, 4) is 0 Å². The largest absolute Gasteiger partial charge is 0.469 e. The summed E-state index contributed by atoms with van der Waals surface area (Å²) in [4.78, 5) is 11.9. The zero-order valence-electron chi connectivity index (χ0n) is 11.2. The molecule has 1 heterocycles. The van der Waals surface area contributed by atoms with Crippen molar-refractivity contribution in [2.24, 2.45) is 5.10 Å². The molecule has 2 rings (SSSR count). The smallest absolute Gasteiger partial charge is 0.274 e. The van der Waals surface area contributed by atoms with Crippen molar-refractivity contribution >= 4 is 46.4 Å². The molecule has 1 aromatic heterocycles. The predicted molar refractivity (Wildman–Crippen MR) is 84.6 cm³/mol. The molecule has 0 unspecified atom stereocenters. The van der Waals surface area contributed by atoms with E-state index >= 15 is 0 Å². The zero-order chi connectivity index (χ0) is 15.6. The number of furan rings is 1. The fraction of sp³-hybridized carbons (Fsp3) is 0.143. The van der Waals surface area contributed by atoms with Crippen molar-refractivity contribution in [3.63, 3.8) is 0 Å². The van der Waals surface area contributed by atoms with Gasteiger partial charge in [0.25, 0.3) is 5.91 Å². The van der Waals surface area contributed by atoms with Crippen LogP contribution < -0.4 is 5.43 Å². The molecule has 0 bridgehead atoms. The van der Waals surface area contributed by atoms with Crippen LogP contribution in [-0.4, -0.2) is 11.6 Å². The third-order valence-electron chi connectivity index (χ3n) is 2.85. The molecular weight excluding hydrogens is 335 g/mol. The van der Waals surface area contributed by atoms with Crippen molar-refractivity contribution in [3.05, 3.63) is 56.4 Å². The van der Waals surface area contributed by atoms with Crippen LogP contribution in [0, 0.1) is 6.92 Å². The Labute approximate surface area is 136 Å². The van der Waals surface area contributed by atoms with E-state index in [4.69, 9.17) is 39.2 Å². The van der Waals surface area contributed by atoms with Crippen LogP contribution in [-0.2, 0) is 0 Å². The molecule has 0 aliphatic carbocycles. The second-order valence-electron chi connectivity index (χ2n) is 4.25. The number of carbonyl (C=O) groups excluding carboxylic acids is 1. The van der Waals surface area contributed by atoms with E-state index in [1.165, 1.54) is 6.26 Å². The maximum absolute atomic E-state index is 11.9. The molecule has 1 amide bonds. The Morgan fingerprint density at radius 2 is 1.86 bits per heavy atom. The lowest BCUT2D eigenvalue weighted by Crippen LogP contribution is -2.19. The highest BCUT2D eigenvalue weighted by Gasteiger charge is 2.13. The van der Waals surface area contributed by atoms with Crippen LogP contribution in [0.1, 0.15) is 28.6 Å². The van der Waals surface area contributed by atoms with E-state index in [9.17, 15) is 4.79 Å². The minimum atomic E-state index is -0.364. The molecule has 1 aromatic carbocycles. The molecule has 1 N–H and O–H groups in total. The molecule has 0 fully saturated rings. The lowest BCUT2D eigenvalue weighted by Gasteiger charge is -2.07. The first-order chi connectivity index (χ1) is 9.91. The summed E-state index contributed by atoms with van der Waals surface area (Å²) in [6.07, 6.45) is 1.44. The van der Waals surface area contributed by atoms with Gasteiger partial charge in [0.15, 0.2) is 0 Å². The second-order valence-corrected chi connectivity index (χ2v) is 5.41. The third kappa shape index (κ3) is 3.40. The van der Waals surface area contributed by atoms with Crippen molar-refractivity contribution in [1.82, 2.24) is 5.43 Å². The van der Waals surface area contributed by atoms with Crippen LogP contribution in [0.25, 0.3) is 0 Å². The van der Waals surface area contributed by atoms with Crippen LogP contribution >= 0.6 is 34.8 Å². The minimum absolute atomic E-state index is 0.252. The van der Waals surface area contributed by atoms with Gasteiger partial charge in [-0.25, -0.2) is 5.43 Å². The average molecular weight is 346 g/mol. The van der Waals surface area contributed by atoms with E-state index in [-0.39, 0.29) is 10.9 Å². The number of rotatable bonds is 3. The van der Waals surface area contributed by atoms with E-state index < -0.39 is 0 Å². The molecule has 110 valence electrons.